The molecular formula is C33H39N5O3. The first kappa shape index (κ1) is 29.7. The number of nitrogen functional groups attached to an aromatic ring is 1. The summed E-state index contributed by atoms with van der Waals surface area (Å²) in [6, 6.07) is 22.2. The Morgan fingerprint density at radius 3 is 2.44 bits per heavy atom. The van der Waals surface area contributed by atoms with Crippen molar-refractivity contribution < 1.29 is 14.7 Å². The van der Waals surface area contributed by atoms with E-state index in [-0.39, 0.29) is 24.5 Å². The summed E-state index contributed by atoms with van der Waals surface area (Å²) in [7, 11) is 0. The number of benzene rings is 3. The van der Waals surface area contributed by atoms with E-state index in [0.29, 0.717) is 17.9 Å². The molecule has 3 aromatic carbocycles. The average molecular weight is 554 g/mol. The van der Waals surface area contributed by atoms with Gasteiger partial charge >= 0.3 is 0 Å². The first-order valence-corrected chi connectivity index (χ1v) is 14.0. The number of carbonyl (C=O) groups is 2. The molecule has 2 atom stereocenters. The van der Waals surface area contributed by atoms with Crippen LogP contribution in [0.5, 0.6) is 0 Å². The highest BCUT2D eigenvalue weighted by molar-refractivity contribution is 6.03. The van der Waals surface area contributed by atoms with E-state index in [9.17, 15) is 14.7 Å². The second kappa shape index (κ2) is 14.4. The summed E-state index contributed by atoms with van der Waals surface area (Å²) < 4.78 is 0. The van der Waals surface area contributed by atoms with E-state index in [1.807, 2.05) is 60.7 Å². The number of likely N-dealkylation sites (N-methyl/N-ethyl adjacent to an activating group) is 1. The normalized spacial score (nSPS) is 16.1. The molecule has 214 valence electrons. The van der Waals surface area contributed by atoms with Crippen molar-refractivity contribution in [3.63, 3.8) is 0 Å². The van der Waals surface area contributed by atoms with E-state index in [0.717, 1.165) is 48.4 Å². The van der Waals surface area contributed by atoms with Gasteiger partial charge in [-0.1, -0.05) is 68.1 Å². The van der Waals surface area contributed by atoms with Crippen LogP contribution in [0.4, 0.5) is 17.1 Å². The molecule has 0 spiro atoms. The van der Waals surface area contributed by atoms with Crippen LogP contribution in [-0.4, -0.2) is 65.5 Å². The Morgan fingerprint density at radius 1 is 1.07 bits per heavy atom. The number of likely N-dealkylation sites (tertiary alicyclic amines) is 1. The van der Waals surface area contributed by atoms with E-state index in [1.165, 1.54) is 6.08 Å². The van der Waals surface area contributed by atoms with Crippen molar-refractivity contribution in [1.29, 1.82) is 0 Å². The highest BCUT2D eigenvalue weighted by atomic mass is 16.3. The van der Waals surface area contributed by atoms with Gasteiger partial charge in [0.15, 0.2) is 0 Å². The predicted octanol–water partition coefficient (Wildman–Crippen LogP) is 4.63. The van der Waals surface area contributed by atoms with Gasteiger partial charge in [-0.05, 0) is 60.0 Å². The molecule has 8 nitrogen and oxygen atoms in total. The number of hydrogen-bond acceptors (Lipinski definition) is 6. The zero-order valence-corrected chi connectivity index (χ0v) is 23.5. The van der Waals surface area contributed by atoms with Gasteiger partial charge in [0.05, 0.1) is 18.0 Å². The Hall–Kier alpha value is -4.24. The topological polar surface area (TPSA) is 111 Å². The first-order valence-electron chi connectivity index (χ1n) is 14.0. The summed E-state index contributed by atoms with van der Waals surface area (Å²) in [4.78, 5) is 30.6. The van der Waals surface area contributed by atoms with Crippen molar-refractivity contribution in [3.8, 4) is 0 Å². The second-order valence-corrected chi connectivity index (χ2v) is 10.1. The lowest BCUT2D eigenvalue weighted by molar-refractivity contribution is -0.121. The third-order valence-corrected chi connectivity index (χ3v) is 7.43. The lowest BCUT2D eigenvalue weighted by atomic mass is 10.0. The molecule has 2 unspecified atom stereocenters. The molecule has 0 aliphatic carbocycles. The number of nitrogens with two attached hydrogens (primary N) is 1. The zero-order valence-electron chi connectivity index (χ0n) is 23.5. The van der Waals surface area contributed by atoms with Gasteiger partial charge in [-0.2, -0.15) is 0 Å². The van der Waals surface area contributed by atoms with Gasteiger partial charge in [-0.25, -0.2) is 0 Å². The number of aliphatic hydroxyl groups is 1. The van der Waals surface area contributed by atoms with Gasteiger partial charge in [0, 0.05) is 37.4 Å². The number of aliphatic hydroxyl groups excluding tert-OH is 1. The number of amides is 2. The molecule has 1 aliphatic heterocycles. The van der Waals surface area contributed by atoms with Crippen LogP contribution < -0.4 is 16.4 Å². The highest BCUT2D eigenvalue weighted by Gasteiger charge is 2.35. The maximum absolute atomic E-state index is 13.7. The third kappa shape index (κ3) is 7.91. The van der Waals surface area contributed by atoms with Crippen molar-refractivity contribution in [2.45, 2.75) is 25.4 Å². The van der Waals surface area contributed by atoms with Crippen LogP contribution in [0.25, 0.3) is 12.2 Å². The summed E-state index contributed by atoms with van der Waals surface area (Å²) in [6.07, 6.45) is 5.88. The molecule has 1 saturated heterocycles. The monoisotopic (exact) mass is 553 g/mol. The first-order chi connectivity index (χ1) is 19.9. The van der Waals surface area contributed by atoms with Crippen LogP contribution >= 0.6 is 0 Å². The van der Waals surface area contributed by atoms with Crippen LogP contribution in [0.2, 0.25) is 0 Å². The SMILES string of the molecule is C=Cc1ccc(NC(=O)C(c2ccc(/C=C/C(=O)Nc3ccccc3N)cc2)N2CCC(N(CC)CCO)C2)cc1. The Labute approximate surface area is 242 Å². The van der Waals surface area contributed by atoms with Crippen molar-refractivity contribution in [2.24, 2.45) is 0 Å². The molecule has 8 heteroatoms. The van der Waals surface area contributed by atoms with Gasteiger partial charge in [0.2, 0.25) is 11.8 Å². The zero-order chi connectivity index (χ0) is 29.2. The quantitative estimate of drug-likeness (QED) is 0.192. The van der Waals surface area contributed by atoms with Gasteiger partial charge < -0.3 is 21.5 Å². The van der Waals surface area contributed by atoms with Crippen LogP contribution in [-0.2, 0) is 9.59 Å². The van der Waals surface area contributed by atoms with E-state index >= 15 is 0 Å². The third-order valence-electron chi connectivity index (χ3n) is 7.43. The molecule has 0 aromatic heterocycles. The smallest absolute Gasteiger partial charge is 0.248 e. The molecule has 0 radical (unpaired) electrons. The number of carbonyl (C=O) groups excluding carboxylic acids is 2. The number of anilines is 3. The fraction of sp³-hybridized carbons (Fsp3) is 0.273. The van der Waals surface area contributed by atoms with Gasteiger partial charge in [0.25, 0.3) is 0 Å². The Bertz CT molecular complexity index is 1350. The molecule has 3 aromatic rings. The van der Waals surface area contributed by atoms with E-state index in [2.05, 4.69) is 33.9 Å². The molecule has 1 heterocycles. The molecule has 4 rings (SSSR count). The van der Waals surface area contributed by atoms with Crippen molar-refractivity contribution >= 4 is 41.0 Å². The molecule has 1 aliphatic rings. The van der Waals surface area contributed by atoms with Crippen molar-refractivity contribution in [3.05, 3.63) is 102 Å². The fourth-order valence-electron chi connectivity index (χ4n) is 5.22. The van der Waals surface area contributed by atoms with E-state index in [1.54, 1.807) is 24.3 Å². The van der Waals surface area contributed by atoms with E-state index in [4.69, 9.17) is 5.73 Å². The van der Waals surface area contributed by atoms with Crippen molar-refractivity contribution in [2.75, 3.05) is 49.2 Å². The van der Waals surface area contributed by atoms with Gasteiger partial charge in [-0.3, -0.25) is 19.4 Å². The highest BCUT2D eigenvalue weighted by Crippen LogP contribution is 2.29. The number of rotatable bonds is 12. The standard InChI is InChI=1S/C33H39N5O3/c1-3-24-11-16-27(17-12-24)35-33(41)32(38-20-19-28(23-38)37(4-2)21-22-39)26-14-9-25(10-15-26)13-18-31(40)36-30-8-6-5-7-29(30)34/h3,5-18,28,32,39H,1,4,19-23,34H2,2H3,(H,35,41)(H,36,40)/b18-13+. The van der Waals surface area contributed by atoms with Crippen LogP contribution in [0, 0.1) is 0 Å². The number of nitrogens with one attached hydrogen (secondary N) is 2. The Kier molecular flexibility index (Phi) is 10.5. The second-order valence-electron chi connectivity index (χ2n) is 10.1. The predicted molar refractivity (Wildman–Crippen MR) is 167 cm³/mol. The summed E-state index contributed by atoms with van der Waals surface area (Å²) in [6.45, 7) is 8.95. The Balaban J connectivity index is 1.51. The molecule has 0 saturated carbocycles. The molecular weight excluding hydrogens is 514 g/mol. The largest absolute Gasteiger partial charge is 0.397 e. The maximum Gasteiger partial charge on any atom is 0.248 e. The van der Waals surface area contributed by atoms with Gasteiger partial charge in [-0.15, -0.1) is 0 Å². The van der Waals surface area contributed by atoms with Gasteiger partial charge in [0.1, 0.15) is 6.04 Å². The lowest BCUT2D eigenvalue weighted by Crippen LogP contribution is -2.41. The summed E-state index contributed by atoms with van der Waals surface area (Å²) in [5.74, 6) is -0.386. The Morgan fingerprint density at radius 2 is 1.78 bits per heavy atom. The average Bonchev–Trinajstić information content (AvgIpc) is 3.46. The van der Waals surface area contributed by atoms with Crippen LogP contribution in [0.3, 0.4) is 0 Å². The lowest BCUT2D eigenvalue weighted by Gasteiger charge is -2.30. The molecule has 2 amide bonds. The van der Waals surface area contributed by atoms with Crippen molar-refractivity contribution in [1.82, 2.24) is 9.80 Å². The number of hydrogen-bond donors (Lipinski definition) is 4. The van der Waals surface area contributed by atoms with E-state index < -0.39 is 6.04 Å². The van der Waals surface area contributed by atoms with Crippen LogP contribution in [0.15, 0.2) is 85.5 Å². The number of para-hydroxylation sites is 2. The molecule has 41 heavy (non-hydrogen) atoms. The minimum absolute atomic E-state index is 0.106. The minimum Gasteiger partial charge on any atom is -0.397 e. The number of nitrogens with zero attached hydrogens (tertiary/aromatic N) is 2. The fourth-order valence-corrected chi connectivity index (χ4v) is 5.22. The molecule has 1 fully saturated rings. The van der Waals surface area contributed by atoms with Crippen LogP contribution in [0.1, 0.15) is 36.1 Å². The summed E-state index contributed by atoms with van der Waals surface area (Å²) in [5, 5.41) is 15.4. The molecule has 0 bridgehead atoms. The summed E-state index contributed by atoms with van der Waals surface area (Å²) >= 11 is 0. The minimum atomic E-state index is -0.491. The summed E-state index contributed by atoms with van der Waals surface area (Å²) in [5.41, 5.74) is 10.4. The maximum atomic E-state index is 13.7. The molecule has 5 N–H and O–H groups in total.